The molecule has 0 spiro atoms. The molecule has 2 aromatic rings. The monoisotopic (exact) mass is 284 g/mol. The molecule has 1 aromatic heterocycles. The first kappa shape index (κ1) is 14.0. The minimum atomic E-state index is 0.00202. The lowest BCUT2D eigenvalue weighted by Crippen LogP contribution is -2.26. The fourth-order valence-electron chi connectivity index (χ4n) is 2.53. The lowest BCUT2D eigenvalue weighted by Gasteiger charge is -2.25. The van der Waals surface area contributed by atoms with Crippen molar-refractivity contribution in [3.8, 4) is 0 Å². The summed E-state index contributed by atoms with van der Waals surface area (Å²) in [6.45, 7) is 2.22. The van der Waals surface area contributed by atoms with Crippen LogP contribution in [0.1, 0.15) is 48.3 Å². The van der Waals surface area contributed by atoms with E-state index in [1.165, 1.54) is 6.42 Å². The van der Waals surface area contributed by atoms with Crippen molar-refractivity contribution in [3.63, 3.8) is 0 Å². The van der Waals surface area contributed by atoms with Crippen LogP contribution in [-0.2, 0) is 4.74 Å². The molecule has 21 heavy (non-hydrogen) atoms. The van der Waals surface area contributed by atoms with E-state index in [9.17, 15) is 4.79 Å². The van der Waals surface area contributed by atoms with Crippen LogP contribution in [0.2, 0.25) is 0 Å². The predicted octanol–water partition coefficient (Wildman–Crippen LogP) is 3.24. The Labute approximate surface area is 124 Å². The fourth-order valence-corrected chi connectivity index (χ4v) is 2.53. The maximum atomic E-state index is 12.3. The third kappa shape index (κ3) is 3.05. The molecule has 0 amide bonds. The Bertz CT molecular complexity index is 602. The third-order valence-electron chi connectivity index (χ3n) is 4.15. The van der Waals surface area contributed by atoms with Crippen molar-refractivity contribution in [3.05, 3.63) is 54.1 Å². The average molecular weight is 284 g/mol. The second kappa shape index (κ2) is 6.22. The number of Topliss-reactive ketones (excluding diaryl/α,β-unsaturated/α-hetero) is 1. The fraction of sp³-hybridized carbons (Fsp3) is 0.412. The summed E-state index contributed by atoms with van der Waals surface area (Å²) in [6.07, 6.45) is 6.99. The van der Waals surface area contributed by atoms with E-state index >= 15 is 0 Å². The number of imidazole rings is 1. The van der Waals surface area contributed by atoms with Crippen molar-refractivity contribution in [1.29, 1.82) is 0 Å². The normalized spacial score (nSPS) is 16.4. The van der Waals surface area contributed by atoms with E-state index in [1.54, 1.807) is 12.5 Å². The van der Waals surface area contributed by atoms with Crippen molar-refractivity contribution in [1.82, 2.24) is 9.55 Å². The Balaban J connectivity index is 1.72. The largest absolute Gasteiger partial charge is 0.370 e. The highest BCUT2D eigenvalue weighted by atomic mass is 16.5. The molecule has 1 aromatic carbocycles. The van der Waals surface area contributed by atoms with E-state index in [-0.39, 0.29) is 24.5 Å². The molecule has 1 saturated carbocycles. The first-order chi connectivity index (χ1) is 10.3. The SMILES string of the molecule is C[C@H](c1ccccc1)n1cncc1C(=O)COC1CCC1. The van der Waals surface area contributed by atoms with Gasteiger partial charge in [-0.1, -0.05) is 30.3 Å². The topological polar surface area (TPSA) is 44.1 Å². The summed E-state index contributed by atoms with van der Waals surface area (Å²) in [6, 6.07) is 10.2. The van der Waals surface area contributed by atoms with Gasteiger partial charge in [-0.05, 0) is 31.7 Å². The summed E-state index contributed by atoms with van der Waals surface area (Å²) < 4.78 is 7.53. The summed E-state index contributed by atoms with van der Waals surface area (Å²) in [5.41, 5.74) is 1.77. The Morgan fingerprint density at radius 2 is 2.14 bits per heavy atom. The van der Waals surface area contributed by atoms with Gasteiger partial charge in [-0.2, -0.15) is 0 Å². The molecule has 0 saturated heterocycles. The van der Waals surface area contributed by atoms with E-state index in [0.29, 0.717) is 5.69 Å². The molecule has 0 bridgehead atoms. The molecule has 0 unspecified atom stereocenters. The number of ketones is 1. The molecule has 0 N–H and O–H groups in total. The highest BCUT2D eigenvalue weighted by Gasteiger charge is 2.21. The van der Waals surface area contributed by atoms with Crippen LogP contribution in [0.4, 0.5) is 0 Å². The Morgan fingerprint density at radius 1 is 1.38 bits per heavy atom. The minimum absolute atomic E-state index is 0.00202. The molecule has 1 aliphatic rings. The van der Waals surface area contributed by atoms with Crippen LogP contribution in [0.15, 0.2) is 42.9 Å². The first-order valence-electron chi connectivity index (χ1n) is 7.47. The number of carbonyl (C=O) groups excluding carboxylic acids is 1. The summed E-state index contributed by atoms with van der Waals surface area (Å²) in [5.74, 6) is 0.00202. The molecule has 1 heterocycles. The van der Waals surface area contributed by atoms with Crippen LogP contribution < -0.4 is 0 Å². The standard InChI is InChI=1S/C17H20N2O2/c1-13(14-6-3-2-4-7-14)19-12-18-10-16(19)17(20)11-21-15-8-5-9-15/h2-4,6-7,10,12-13,15H,5,8-9,11H2,1H3/t13-/m1/s1. The molecule has 0 aliphatic heterocycles. The van der Waals surface area contributed by atoms with Gasteiger partial charge in [0.2, 0.25) is 5.78 Å². The Morgan fingerprint density at radius 3 is 2.81 bits per heavy atom. The summed E-state index contributed by atoms with van der Waals surface area (Å²) in [7, 11) is 0. The maximum absolute atomic E-state index is 12.3. The summed E-state index contributed by atoms with van der Waals surface area (Å²) >= 11 is 0. The van der Waals surface area contributed by atoms with Gasteiger partial charge in [0.1, 0.15) is 12.3 Å². The second-order valence-corrected chi connectivity index (χ2v) is 5.56. The van der Waals surface area contributed by atoms with Gasteiger partial charge in [0, 0.05) is 0 Å². The number of hydrogen-bond donors (Lipinski definition) is 0. The number of carbonyl (C=O) groups is 1. The number of benzene rings is 1. The zero-order valence-corrected chi connectivity index (χ0v) is 12.2. The molecule has 0 radical (unpaired) electrons. The van der Waals surface area contributed by atoms with Gasteiger partial charge in [-0.3, -0.25) is 4.79 Å². The molecular weight excluding hydrogens is 264 g/mol. The number of nitrogens with zero attached hydrogens (tertiary/aromatic N) is 2. The van der Waals surface area contributed by atoms with Crippen LogP contribution in [0, 0.1) is 0 Å². The van der Waals surface area contributed by atoms with Crippen molar-refractivity contribution in [2.24, 2.45) is 0 Å². The van der Waals surface area contributed by atoms with Gasteiger partial charge in [0.05, 0.1) is 24.7 Å². The van der Waals surface area contributed by atoms with Gasteiger partial charge >= 0.3 is 0 Å². The number of ether oxygens (including phenoxy) is 1. The zero-order chi connectivity index (χ0) is 14.7. The van der Waals surface area contributed by atoms with Crippen molar-refractivity contribution >= 4 is 5.78 Å². The molecule has 4 heteroatoms. The average Bonchev–Trinajstić information content (AvgIpc) is 2.95. The first-order valence-corrected chi connectivity index (χ1v) is 7.47. The van der Waals surface area contributed by atoms with Crippen LogP contribution in [0.3, 0.4) is 0 Å². The summed E-state index contributed by atoms with van der Waals surface area (Å²) in [5, 5.41) is 0. The smallest absolute Gasteiger partial charge is 0.206 e. The van der Waals surface area contributed by atoms with Crippen molar-refractivity contribution in [2.75, 3.05) is 6.61 Å². The zero-order valence-electron chi connectivity index (χ0n) is 12.2. The molecule has 110 valence electrons. The third-order valence-corrected chi connectivity index (χ3v) is 4.15. The van der Waals surface area contributed by atoms with Crippen molar-refractivity contribution in [2.45, 2.75) is 38.3 Å². The van der Waals surface area contributed by atoms with Gasteiger partial charge in [-0.25, -0.2) is 4.98 Å². The highest BCUT2D eigenvalue weighted by molar-refractivity contribution is 5.95. The van der Waals surface area contributed by atoms with E-state index < -0.39 is 0 Å². The van der Waals surface area contributed by atoms with E-state index in [4.69, 9.17) is 4.74 Å². The molecular formula is C17H20N2O2. The number of aromatic nitrogens is 2. The van der Waals surface area contributed by atoms with Crippen LogP contribution in [-0.4, -0.2) is 28.0 Å². The van der Waals surface area contributed by atoms with E-state index in [1.807, 2.05) is 22.8 Å². The minimum Gasteiger partial charge on any atom is -0.370 e. The van der Waals surface area contributed by atoms with Gasteiger partial charge in [0.25, 0.3) is 0 Å². The Hall–Kier alpha value is -1.94. The lowest BCUT2D eigenvalue weighted by atomic mass is 9.96. The molecule has 1 aliphatic carbocycles. The quantitative estimate of drug-likeness (QED) is 0.765. The van der Waals surface area contributed by atoms with Crippen LogP contribution >= 0.6 is 0 Å². The molecule has 4 nitrogen and oxygen atoms in total. The van der Waals surface area contributed by atoms with Crippen molar-refractivity contribution < 1.29 is 9.53 Å². The Kier molecular flexibility index (Phi) is 4.15. The highest BCUT2D eigenvalue weighted by Crippen LogP contribution is 2.23. The molecule has 3 rings (SSSR count). The second-order valence-electron chi connectivity index (χ2n) is 5.56. The molecule has 1 atom stereocenters. The van der Waals surface area contributed by atoms with Gasteiger partial charge in [0.15, 0.2) is 0 Å². The molecule has 1 fully saturated rings. The van der Waals surface area contributed by atoms with E-state index in [0.717, 1.165) is 18.4 Å². The summed E-state index contributed by atoms with van der Waals surface area (Å²) in [4.78, 5) is 16.5. The number of hydrogen-bond acceptors (Lipinski definition) is 3. The maximum Gasteiger partial charge on any atom is 0.206 e. The number of rotatable bonds is 6. The lowest BCUT2D eigenvalue weighted by molar-refractivity contribution is 0.00693. The van der Waals surface area contributed by atoms with Crippen LogP contribution in [0.25, 0.3) is 0 Å². The predicted molar refractivity (Wildman–Crippen MR) is 80.4 cm³/mol. The van der Waals surface area contributed by atoms with Gasteiger partial charge < -0.3 is 9.30 Å². The van der Waals surface area contributed by atoms with E-state index in [2.05, 4.69) is 24.0 Å². The van der Waals surface area contributed by atoms with Gasteiger partial charge in [-0.15, -0.1) is 0 Å². The van der Waals surface area contributed by atoms with Crippen LogP contribution in [0.5, 0.6) is 0 Å².